The highest BCUT2D eigenvalue weighted by Crippen LogP contribution is 2.34. The Bertz CT molecular complexity index is 1570. The number of nitrogens with zero attached hydrogens (tertiary/aromatic N) is 1. The minimum Gasteiger partial charge on any atom is -0.462 e. The van der Waals surface area contributed by atoms with E-state index in [0.29, 0.717) is 6.07 Å². The molecule has 0 spiro atoms. The van der Waals surface area contributed by atoms with Crippen LogP contribution in [0.5, 0.6) is 0 Å². The molecule has 0 saturated carbocycles. The fraction of sp³-hybridized carbons (Fsp3) is 0.111. The molecule has 0 radical (unpaired) electrons. The molecular formula is C27H18Cl2F3N3O5. The molecule has 0 bridgehead atoms. The molecule has 0 saturated heterocycles. The molecule has 8 nitrogen and oxygen atoms in total. The number of benzene rings is 3. The van der Waals surface area contributed by atoms with Gasteiger partial charge >= 0.3 is 12.1 Å². The number of hydrogen-bond acceptors (Lipinski definition) is 6. The van der Waals surface area contributed by atoms with Crippen molar-refractivity contribution in [3.63, 3.8) is 0 Å². The predicted molar refractivity (Wildman–Crippen MR) is 142 cm³/mol. The molecule has 0 unspecified atom stereocenters. The number of anilines is 3. The Hall–Kier alpha value is -4.35. The molecule has 0 aliphatic carbocycles. The summed E-state index contributed by atoms with van der Waals surface area (Å²) >= 11 is 12.1. The molecule has 3 amide bonds. The van der Waals surface area contributed by atoms with E-state index in [1.807, 2.05) is 0 Å². The topological polar surface area (TPSA) is 105 Å². The highest BCUT2D eigenvalue weighted by atomic mass is 35.5. The van der Waals surface area contributed by atoms with Crippen molar-refractivity contribution in [1.29, 1.82) is 0 Å². The number of ether oxygens (including phenoxy) is 1. The summed E-state index contributed by atoms with van der Waals surface area (Å²) in [6, 6.07) is 13.8. The van der Waals surface area contributed by atoms with Crippen LogP contribution in [-0.2, 0) is 20.5 Å². The maximum Gasteiger partial charge on any atom is 0.416 e. The quantitative estimate of drug-likeness (QED) is 0.249. The summed E-state index contributed by atoms with van der Waals surface area (Å²) in [5.74, 6) is -3.08. The molecule has 3 aromatic carbocycles. The molecule has 0 aromatic heterocycles. The van der Waals surface area contributed by atoms with Gasteiger partial charge in [0, 0.05) is 11.3 Å². The van der Waals surface area contributed by atoms with Gasteiger partial charge in [0.05, 0.1) is 34.1 Å². The van der Waals surface area contributed by atoms with Crippen LogP contribution in [0.3, 0.4) is 0 Å². The summed E-state index contributed by atoms with van der Waals surface area (Å²) in [5, 5.41) is 4.51. The molecule has 1 aliphatic rings. The molecular weight excluding hydrogens is 574 g/mol. The normalized spacial score (nSPS) is 13.5. The molecule has 4 rings (SSSR count). The van der Waals surface area contributed by atoms with Crippen LogP contribution in [-0.4, -0.2) is 30.3 Å². The maximum absolute atomic E-state index is 13.1. The van der Waals surface area contributed by atoms with E-state index in [0.717, 1.165) is 17.0 Å². The molecule has 0 atom stereocenters. The van der Waals surface area contributed by atoms with Crippen molar-refractivity contribution in [1.82, 2.24) is 0 Å². The van der Waals surface area contributed by atoms with Crippen LogP contribution in [0.2, 0.25) is 5.02 Å². The average molecular weight is 592 g/mol. The van der Waals surface area contributed by atoms with Crippen LogP contribution in [0.25, 0.3) is 0 Å². The zero-order valence-electron chi connectivity index (χ0n) is 20.4. The lowest BCUT2D eigenvalue weighted by molar-refractivity contribution is -0.137. The Morgan fingerprint density at radius 1 is 0.925 bits per heavy atom. The summed E-state index contributed by atoms with van der Waals surface area (Å²) in [7, 11) is 0. The smallest absolute Gasteiger partial charge is 0.416 e. The van der Waals surface area contributed by atoms with Crippen LogP contribution in [0.4, 0.5) is 30.2 Å². The van der Waals surface area contributed by atoms with Crippen LogP contribution in [0.15, 0.2) is 77.5 Å². The number of halogens is 5. The number of carbonyl (C=O) groups excluding carboxylic acids is 4. The lowest BCUT2D eigenvalue weighted by Gasteiger charge is -2.16. The molecule has 2 N–H and O–H groups in total. The van der Waals surface area contributed by atoms with Gasteiger partial charge in [-0.05, 0) is 61.5 Å². The number of rotatable bonds is 7. The Morgan fingerprint density at radius 3 is 2.33 bits per heavy atom. The Labute approximate surface area is 235 Å². The van der Waals surface area contributed by atoms with Gasteiger partial charge in [0.25, 0.3) is 17.7 Å². The lowest BCUT2D eigenvalue weighted by Crippen LogP contribution is -2.32. The van der Waals surface area contributed by atoms with E-state index in [-0.39, 0.29) is 45.5 Å². The van der Waals surface area contributed by atoms with E-state index in [1.165, 1.54) is 48.5 Å². The van der Waals surface area contributed by atoms with Crippen LogP contribution < -0.4 is 15.5 Å². The van der Waals surface area contributed by atoms with E-state index in [1.54, 1.807) is 6.92 Å². The number of imide groups is 1. The highest BCUT2D eigenvalue weighted by molar-refractivity contribution is 6.53. The number of alkyl halides is 3. The van der Waals surface area contributed by atoms with Crippen molar-refractivity contribution in [2.24, 2.45) is 0 Å². The number of amides is 3. The number of esters is 1. The van der Waals surface area contributed by atoms with Crippen molar-refractivity contribution in [2.45, 2.75) is 13.1 Å². The third kappa shape index (κ3) is 5.95. The number of carbonyl (C=O) groups is 4. The highest BCUT2D eigenvalue weighted by Gasteiger charge is 2.39. The first kappa shape index (κ1) is 28.7. The molecule has 1 heterocycles. The van der Waals surface area contributed by atoms with Crippen LogP contribution in [0.1, 0.15) is 33.2 Å². The molecule has 3 aromatic rings. The number of hydrogen-bond donors (Lipinski definition) is 2. The van der Waals surface area contributed by atoms with Gasteiger partial charge in [-0.15, -0.1) is 0 Å². The largest absolute Gasteiger partial charge is 0.462 e. The Kier molecular flexibility index (Phi) is 8.17. The minimum atomic E-state index is -4.64. The van der Waals surface area contributed by atoms with Crippen LogP contribution >= 0.6 is 23.2 Å². The van der Waals surface area contributed by atoms with Crippen molar-refractivity contribution < 1.29 is 37.1 Å². The zero-order chi connectivity index (χ0) is 29.2. The second-order valence-corrected chi connectivity index (χ2v) is 9.04. The Balaban J connectivity index is 1.54. The maximum atomic E-state index is 13.1. The molecule has 13 heteroatoms. The third-order valence-electron chi connectivity index (χ3n) is 5.58. The van der Waals surface area contributed by atoms with Crippen molar-refractivity contribution in [3.05, 3.63) is 99.2 Å². The van der Waals surface area contributed by atoms with Gasteiger partial charge in [-0.3, -0.25) is 14.4 Å². The second-order valence-electron chi connectivity index (χ2n) is 8.26. The molecule has 40 heavy (non-hydrogen) atoms. The minimum absolute atomic E-state index is 0.00553. The van der Waals surface area contributed by atoms with Gasteiger partial charge in [-0.25, -0.2) is 9.69 Å². The summed E-state index contributed by atoms with van der Waals surface area (Å²) in [5.41, 5.74) is -1.13. The Morgan fingerprint density at radius 2 is 1.62 bits per heavy atom. The SMILES string of the molecule is CCOC(=O)c1cccc(N2C(=O)C(Cl)=C(Nc3cccc(C(=O)Nc4cc(C(F)(F)F)ccc4Cl)c3)C2=O)c1. The van der Waals surface area contributed by atoms with Crippen molar-refractivity contribution in [3.8, 4) is 0 Å². The monoisotopic (exact) mass is 591 g/mol. The zero-order valence-corrected chi connectivity index (χ0v) is 21.9. The van der Waals surface area contributed by atoms with E-state index in [9.17, 15) is 32.3 Å². The average Bonchev–Trinajstić information content (AvgIpc) is 3.12. The van der Waals surface area contributed by atoms with E-state index >= 15 is 0 Å². The lowest BCUT2D eigenvalue weighted by atomic mass is 10.1. The first-order valence-corrected chi connectivity index (χ1v) is 12.3. The first-order valence-electron chi connectivity index (χ1n) is 11.5. The summed E-state index contributed by atoms with van der Waals surface area (Å²) in [6.45, 7) is 1.77. The van der Waals surface area contributed by atoms with Gasteiger partial charge < -0.3 is 15.4 Å². The summed E-state index contributed by atoms with van der Waals surface area (Å²) < 4.78 is 44.1. The van der Waals surface area contributed by atoms with E-state index < -0.39 is 40.5 Å². The molecule has 206 valence electrons. The van der Waals surface area contributed by atoms with Crippen molar-refractivity contribution in [2.75, 3.05) is 22.1 Å². The van der Waals surface area contributed by atoms with Gasteiger partial charge in [-0.2, -0.15) is 13.2 Å². The van der Waals surface area contributed by atoms with Crippen LogP contribution in [0, 0.1) is 0 Å². The number of nitrogens with one attached hydrogen (secondary N) is 2. The second kappa shape index (κ2) is 11.4. The first-order chi connectivity index (χ1) is 18.9. The van der Waals surface area contributed by atoms with Gasteiger partial charge in [0.1, 0.15) is 10.7 Å². The van der Waals surface area contributed by atoms with Gasteiger partial charge in [-0.1, -0.05) is 35.3 Å². The standard InChI is InChI=1S/C27H18Cl2F3N3O5/c1-2-40-26(39)15-6-4-8-18(12-15)35-24(37)21(29)22(25(35)38)33-17-7-3-5-14(11-17)23(36)34-20-13-16(27(30,31)32)9-10-19(20)28/h3-13,33H,2H2,1H3,(H,34,36). The van der Waals surface area contributed by atoms with Gasteiger partial charge in [0.2, 0.25) is 0 Å². The predicted octanol–water partition coefficient (Wildman–Crippen LogP) is 6.22. The fourth-order valence-electron chi connectivity index (χ4n) is 3.71. The molecule has 1 aliphatic heterocycles. The summed E-state index contributed by atoms with van der Waals surface area (Å²) in [4.78, 5) is 51.6. The summed E-state index contributed by atoms with van der Waals surface area (Å²) in [6.07, 6.45) is -4.64. The molecule has 0 fully saturated rings. The fourth-order valence-corrected chi connectivity index (χ4v) is 4.08. The van der Waals surface area contributed by atoms with Gasteiger partial charge in [0.15, 0.2) is 0 Å². The van der Waals surface area contributed by atoms with E-state index in [2.05, 4.69) is 10.6 Å². The third-order valence-corrected chi connectivity index (χ3v) is 6.26. The van der Waals surface area contributed by atoms with Crippen molar-refractivity contribution >= 4 is 64.0 Å². The van der Waals surface area contributed by atoms with E-state index in [4.69, 9.17) is 27.9 Å².